The van der Waals surface area contributed by atoms with Crippen molar-refractivity contribution < 1.29 is 9.59 Å². The highest BCUT2D eigenvalue weighted by atomic mass is 16.2. The number of nitrogens with one attached hydrogen (secondary N) is 2. The van der Waals surface area contributed by atoms with Gasteiger partial charge in [-0.1, -0.05) is 60.7 Å². The maximum atomic E-state index is 11.6. The number of hydrogen-bond donors (Lipinski definition) is 2. The summed E-state index contributed by atoms with van der Waals surface area (Å²) < 4.78 is 0. The normalized spacial score (nSPS) is 10.8. The summed E-state index contributed by atoms with van der Waals surface area (Å²) in [5.41, 5.74) is 1.88. The third-order valence-electron chi connectivity index (χ3n) is 2.98. The quantitative estimate of drug-likeness (QED) is 0.636. The number of amides is 2. The minimum atomic E-state index is -0.263. The Labute approximate surface area is 135 Å². The first kappa shape index (κ1) is 16.2. The van der Waals surface area contributed by atoms with Gasteiger partial charge in [-0.05, 0) is 23.3 Å². The molecule has 0 bridgehead atoms. The molecular formula is C19H18N2O2. The summed E-state index contributed by atoms with van der Waals surface area (Å²) in [6, 6.07) is 19.0. The molecule has 2 aromatic carbocycles. The topological polar surface area (TPSA) is 58.2 Å². The van der Waals surface area contributed by atoms with E-state index in [4.69, 9.17) is 0 Å². The summed E-state index contributed by atoms with van der Waals surface area (Å²) >= 11 is 0. The number of carbonyl (C=O) groups is 2. The lowest BCUT2D eigenvalue weighted by Crippen LogP contribution is -2.35. The van der Waals surface area contributed by atoms with Crippen molar-refractivity contribution >= 4 is 24.0 Å². The van der Waals surface area contributed by atoms with Crippen LogP contribution in [-0.2, 0) is 9.59 Å². The third-order valence-corrected chi connectivity index (χ3v) is 2.98. The van der Waals surface area contributed by atoms with Gasteiger partial charge in [-0.3, -0.25) is 9.59 Å². The second kappa shape index (κ2) is 9.00. The predicted octanol–water partition coefficient (Wildman–Crippen LogP) is 2.60. The fraction of sp³-hybridized carbons (Fsp3) is 0.0526. The Kier molecular flexibility index (Phi) is 6.35. The van der Waals surface area contributed by atoms with Crippen molar-refractivity contribution in [3.05, 3.63) is 83.9 Å². The second-order valence-corrected chi connectivity index (χ2v) is 4.75. The van der Waals surface area contributed by atoms with Crippen LogP contribution in [0.15, 0.2) is 72.8 Å². The number of hydrogen-bond acceptors (Lipinski definition) is 2. The highest BCUT2D eigenvalue weighted by Crippen LogP contribution is 2.01. The smallest absolute Gasteiger partial charge is 0.245 e. The maximum Gasteiger partial charge on any atom is 0.245 e. The molecule has 0 aliphatic carbocycles. The van der Waals surface area contributed by atoms with E-state index in [-0.39, 0.29) is 18.5 Å². The van der Waals surface area contributed by atoms with Gasteiger partial charge >= 0.3 is 0 Å². The van der Waals surface area contributed by atoms with Crippen molar-refractivity contribution in [3.8, 4) is 0 Å². The van der Waals surface area contributed by atoms with Gasteiger partial charge in [0.2, 0.25) is 11.8 Å². The van der Waals surface area contributed by atoms with Crippen LogP contribution in [0.4, 0.5) is 0 Å². The van der Waals surface area contributed by atoms with Gasteiger partial charge < -0.3 is 10.6 Å². The molecule has 23 heavy (non-hydrogen) atoms. The highest BCUT2D eigenvalue weighted by Gasteiger charge is 1.97. The van der Waals surface area contributed by atoms with Crippen molar-refractivity contribution in [2.24, 2.45) is 0 Å². The lowest BCUT2D eigenvalue weighted by Gasteiger charge is -2.02. The van der Waals surface area contributed by atoms with Gasteiger partial charge in [0.15, 0.2) is 0 Å². The summed E-state index contributed by atoms with van der Waals surface area (Å²) in [5, 5.41) is 5.18. The van der Waals surface area contributed by atoms with Crippen LogP contribution in [0.2, 0.25) is 0 Å². The van der Waals surface area contributed by atoms with Crippen LogP contribution < -0.4 is 10.6 Å². The largest absolute Gasteiger partial charge is 0.335 e. The lowest BCUT2D eigenvalue weighted by atomic mass is 10.2. The summed E-state index contributed by atoms with van der Waals surface area (Å²) in [6.07, 6.45) is 6.29. The molecule has 4 heteroatoms. The highest BCUT2D eigenvalue weighted by molar-refractivity contribution is 5.93. The third kappa shape index (κ3) is 6.44. The first-order valence-corrected chi connectivity index (χ1v) is 7.26. The number of rotatable bonds is 6. The molecule has 0 aliphatic heterocycles. The first-order valence-electron chi connectivity index (χ1n) is 7.26. The predicted molar refractivity (Wildman–Crippen MR) is 92.1 cm³/mol. The molecule has 0 spiro atoms. The number of carbonyl (C=O) groups excluding carboxylic acids is 2. The molecule has 0 saturated carbocycles. The Morgan fingerprint density at radius 1 is 0.696 bits per heavy atom. The molecule has 2 aromatic rings. The molecule has 0 unspecified atom stereocenters. The Morgan fingerprint density at radius 3 is 1.48 bits per heavy atom. The summed E-state index contributed by atoms with van der Waals surface area (Å²) in [4.78, 5) is 23.2. The SMILES string of the molecule is O=C(/C=C/c1ccccc1)NCNC(=O)/C=C/c1ccccc1. The molecule has 0 atom stereocenters. The zero-order valence-electron chi connectivity index (χ0n) is 12.6. The minimum Gasteiger partial charge on any atom is -0.335 e. The molecule has 0 radical (unpaired) electrons. The van der Waals surface area contributed by atoms with Crippen LogP contribution in [0.3, 0.4) is 0 Å². The minimum absolute atomic E-state index is 0.0793. The fourth-order valence-corrected chi connectivity index (χ4v) is 1.81. The average molecular weight is 306 g/mol. The maximum absolute atomic E-state index is 11.6. The van der Waals surface area contributed by atoms with Crippen molar-refractivity contribution in [1.29, 1.82) is 0 Å². The van der Waals surface area contributed by atoms with Crippen molar-refractivity contribution in [2.75, 3.05) is 6.67 Å². The molecule has 0 aromatic heterocycles. The van der Waals surface area contributed by atoms with Gasteiger partial charge in [-0.2, -0.15) is 0 Å². The monoisotopic (exact) mass is 306 g/mol. The zero-order valence-corrected chi connectivity index (χ0v) is 12.6. The van der Waals surface area contributed by atoms with Crippen LogP contribution in [0.25, 0.3) is 12.2 Å². The van der Waals surface area contributed by atoms with Crippen molar-refractivity contribution in [2.45, 2.75) is 0 Å². The molecule has 4 nitrogen and oxygen atoms in total. The standard InChI is InChI=1S/C19H18N2O2/c22-18(13-11-16-7-3-1-4-8-16)20-15-21-19(23)14-12-17-9-5-2-6-10-17/h1-14H,15H2,(H,20,22)(H,21,23)/b13-11+,14-12+. The molecular weight excluding hydrogens is 288 g/mol. The lowest BCUT2D eigenvalue weighted by molar-refractivity contribution is -0.118. The van der Waals surface area contributed by atoms with Crippen LogP contribution in [0, 0.1) is 0 Å². The van der Waals surface area contributed by atoms with Crippen LogP contribution in [0.1, 0.15) is 11.1 Å². The van der Waals surface area contributed by atoms with Gasteiger partial charge in [-0.15, -0.1) is 0 Å². The molecule has 2 rings (SSSR count). The Morgan fingerprint density at radius 2 is 1.09 bits per heavy atom. The zero-order chi connectivity index (χ0) is 16.3. The Balaban J connectivity index is 1.70. The molecule has 0 saturated heterocycles. The van der Waals surface area contributed by atoms with Gasteiger partial charge in [0, 0.05) is 12.2 Å². The van der Waals surface area contributed by atoms with Crippen LogP contribution >= 0.6 is 0 Å². The molecule has 0 heterocycles. The van der Waals surface area contributed by atoms with E-state index in [1.54, 1.807) is 12.2 Å². The van der Waals surface area contributed by atoms with E-state index in [2.05, 4.69) is 10.6 Å². The number of benzene rings is 2. The van der Waals surface area contributed by atoms with Crippen molar-refractivity contribution in [1.82, 2.24) is 10.6 Å². The van der Waals surface area contributed by atoms with Gasteiger partial charge in [0.05, 0.1) is 6.67 Å². The molecule has 2 amide bonds. The van der Waals surface area contributed by atoms with Crippen LogP contribution in [0.5, 0.6) is 0 Å². The molecule has 0 fully saturated rings. The Hall–Kier alpha value is -3.14. The summed E-state index contributed by atoms with van der Waals surface area (Å²) in [7, 11) is 0. The van der Waals surface area contributed by atoms with E-state index in [1.807, 2.05) is 60.7 Å². The fourth-order valence-electron chi connectivity index (χ4n) is 1.81. The van der Waals surface area contributed by atoms with Gasteiger partial charge in [-0.25, -0.2) is 0 Å². The first-order chi connectivity index (χ1) is 11.2. The average Bonchev–Trinajstić information content (AvgIpc) is 2.60. The van der Waals surface area contributed by atoms with E-state index >= 15 is 0 Å². The van der Waals surface area contributed by atoms with Gasteiger partial charge in [0.25, 0.3) is 0 Å². The molecule has 2 N–H and O–H groups in total. The van der Waals surface area contributed by atoms with E-state index in [9.17, 15) is 9.59 Å². The molecule has 116 valence electrons. The van der Waals surface area contributed by atoms with Crippen molar-refractivity contribution in [3.63, 3.8) is 0 Å². The summed E-state index contributed by atoms with van der Waals surface area (Å²) in [5.74, 6) is -0.526. The van der Waals surface area contributed by atoms with Crippen LogP contribution in [-0.4, -0.2) is 18.5 Å². The Bertz CT molecular complexity index is 630. The van der Waals surface area contributed by atoms with E-state index in [1.165, 1.54) is 12.2 Å². The molecule has 0 aliphatic rings. The second-order valence-electron chi connectivity index (χ2n) is 4.75. The van der Waals surface area contributed by atoms with E-state index < -0.39 is 0 Å². The van der Waals surface area contributed by atoms with Gasteiger partial charge in [0.1, 0.15) is 0 Å². The van der Waals surface area contributed by atoms with E-state index in [0.717, 1.165) is 11.1 Å². The van der Waals surface area contributed by atoms with E-state index in [0.29, 0.717) is 0 Å². The summed E-state index contributed by atoms with van der Waals surface area (Å²) in [6.45, 7) is 0.0793.